The van der Waals surface area contributed by atoms with Gasteiger partial charge in [0, 0.05) is 0 Å². The molecule has 0 radical (unpaired) electrons. The number of nitrogens with zero attached hydrogens (tertiary/aromatic N) is 1. The second-order valence-corrected chi connectivity index (χ2v) is 6.05. The molecule has 0 N–H and O–H groups in total. The smallest absolute Gasteiger partial charge is 0.148 e. The molecule has 0 saturated carbocycles. The monoisotopic (exact) mass is 269 g/mol. The van der Waals surface area contributed by atoms with Crippen LogP contribution >= 0.6 is 24.0 Å². The third kappa shape index (κ3) is 4.96. The summed E-state index contributed by atoms with van der Waals surface area (Å²) in [5.41, 5.74) is 0.985. The SMILES string of the molecule is CC(C)C.CCOc1ccc2nc(S)sc2c1. The van der Waals surface area contributed by atoms with Crippen molar-refractivity contribution in [2.45, 2.75) is 32.0 Å². The van der Waals surface area contributed by atoms with E-state index >= 15 is 0 Å². The van der Waals surface area contributed by atoms with Crippen LogP contribution in [0.1, 0.15) is 27.7 Å². The Morgan fingerprint density at radius 2 is 2.00 bits per heavy atom. The van der Waals surface area contributed by atoms with E-state index in [1.165, 1.54) is 0 Å². The van der Waals surface area contributed by atoms with E-state index in [0.717, 1.165) is 26.2 Å². The summed E-state index contributed by atoms with van der Waals surface area (Å²) in [5.74, 6) is 1.73. The summed E-state index contributed by atoms with van der Waals surface area (Å²) in [6.07, 6.45) is 0. The first-order chi connectivity index (χ1) is 8.02. The van der Waals surface area contributed by atoms with Gasteiger partial charge in [0.15, 0.2) is 0 Å². The maximum atomic E-state index is 5.38. The van der Waals surface area contributed by atoms with Crippen molar-refractivity contribution < 1.29 is 4.74 Å². The largest absolute Gasteiger partial charge is 0.494 e. The molecule has 0 spiro atoms. The first-order valence-corrected chi connectivity index (χ1v) is 7.01. The minimum absolute atomic E-state index is 0.693. The second kappa shape index (κ2) is 6.87. The van der Waals surface area contributed by atoms with Crippen LogP contribution in [-0.2, 0) is 0 Å². The van der Waals surface area contributed by atoms with Crippen LogP contribution in [0.5, 0.6) is 5.75 Å². The fourth-order valence-corrected chi connectivity index (χ4v) is 2.29. The number of hydrogen-bond acceptors (Lipinski definition) is 4. The molecule has 0 saturated heterocycles. The first-order valence-electron chi connectivity index (χ1n) is 5.75. The number of benzene rings is 1. The van der Waals surface area contributed by atoms with E-state index in [0.29, 0.717) is 6.61 Å². The Kier molecular flexibility index (Phi) is 5.78. The molecule has 2 aromatic rings. The summed E-state index contributed by atoms with van der Waals surface area (Å²) >= 11 is 5.76. The molecule has 0 aliphatic carbocycles. The van der Waals surface area contributed by atoms with Crippen molar-refractivity contribution >= 4 is 34.2 Å². The number of hydrogen-bond donors (Lipinski definition) is 1. The van der Waals surface area contributed by atoms with Crippen LogP contribution in [0.15, 0.2) is 22.5 Å². The molecule has 1 aromatic heterocycles. The molecule has 0 aliphatic rings. The van der Waals surface area contributed by atoms with E-state index in [1.807, 2.05) is 25.1 Å². The van der Waals surface area contributed by atoms with Crippen LogP contribution < -0.4 is 4.74 Å². The maximum absolute atomic E-state index is 5.38. The van der Waals surface area contributed by atoms with E-state index in [2.05, 4.69) is 38.4 Å². The Labute approximate surface area is 112 Å². The van der Waals surface area contributed by atoms with Gasteiger partial charge in [-0.3, -0.25) is 0 Å². The first kappa shape index (κ1) is 14.3. The van der Waals surface area contributed by atoms with Gasteiger partial charge in [-0.15, -0.1) is 24.0 Å². The highest BCUT2D eigenvalue weighted by atomic mass is 32.2. The van der Waals surface area contributed by atoms with Gasteiger partial charge in [-0.1, -0.05) is 20.8 Å². The van der Waals surface area contributed by atoms with Gasteiger partial charge >= 0.3 is 0 Å². The third-order valence-corrected chi connectivity index (χ3v) is 2.85. The van der Waals surface area contributed by atoms with Gasteiger partial charge in [0.2, 0.25) is 0 Å². The predicted octanol–water partition coefficient (Wildman–Crippen LogP) is 4.65. The van der Waals surface area contributed by atoms with Crippen molar-refractivity contribution in [1.29, 1.82) is 0 Å². The lowest BCUT2D eigenvalue weighted by atomic mass is 10.3. The topological polar surface area (TPSA) is 22.1 Å². The van der Waals surface area contributed by atoms with Crippen molar-refractivity contribution in [2.75, 3.05) is 6.61 Å². The van der Waals surface area contributed by atoms with Crippen LogP contribution in [0.4, 0.5) is 0 Å². The number of aromatic nitrogens is 1. The Morgan fingerprint density at radius 1 is 1.35 bits per heavy atom. The summed E-state index contributed by atoms with van der Waals surface area (Å²) in [5, 5.41) is 0. The maximum Gasteiger partial charge on any atom is 0.148 e. The van der Waals surface area contributed by atoms with Crippen LogP contribution in [0, 0.1) is 5.92 Å². The molecular weight excluding hydrogens is 250 g/mol. The Hall–Kier alpha value is -0.740. The van der Waals surface area contributed by atoms with Crippen molar-refractivity contribution in [3.05, 3.63) is 18.2 Å². The van der Waals surface area contributed by atoms with Crippen LogP contribution in [0.2, 0.25) is 0 Å². The Bertz CT molecular complexity index is 463. The normalized spacial score (nSPS) is 10.2. The van der Waals surface area contributed by atoms with Gasteiger partial charge in [0.05, 0.1) is 16.8 Å². The molecule has 0 atom stereocenters. The van der Waals surface area contributed by atoms with Crippen molar-refractivity contribution in [3.8, 4) is 5.75 Å². The van der Waals surface area contributed by atoms with E-state index in [1.54, 1.807) is 11.3 Å². The molecule has 4 heteroatoms. The fourth-order valence-electron chi connectivity index (χ4n) is 1.15. The minimum Gasteiger partial charge on any atom is -0.494 e. The van der Waals surface area contributed by atoms with Crippen LogP contribution in [-0.4, -0.2) is 11.6 Å². The second-order valence-electron chi connectivity index (χ2n) is 4.29. The molecule has 2 rings (SSSR count). The number of ether oxygens (including phenoxy) is 1. The van der Waals surface area contributed by atoms with Gasteiger partial charge < -0.3 is 4.74 Å². The average Bonchev–Trinajstić information content (AvgIpc) is 2.57. The molecule has 0 fully saturated rings. The summed E-state index contributed by atoms with van der Waals surface area (Å²) in [6, 6.07) is 5.88. The van der Waals surface area contributed by atoms with Crippen molar-refractivity contribution in [2.24, 2.45) is 5.92 Å². The summed E-state index contributed by atoms with van der Waals surface area (Å²) in [6.45, 7) is 9.17. The summed E-state index contributed by atoms with van der Waals surface area (Å²) in [7, 11) is 0. The summed E-state index contributed by atoms with van der Waals surface area (Å²) in [4.78, 5) is 4.24. The molecular formula is C13H19NOS2. The van der Waals surface area contributed by atoms with Gasteiger partial charge in [-0.25, -0.2) is 4.98 Å². The van der Waals surface area contributed by atoms with Gasteiger partial charge in [-0.2, -0.15) is 0 Å². The fraction of sp³-hybridized carbons (Fsp3) is 0.462. The number of fused-ring (bicyclic) bond motifs is 1. The van der Waals surface area contributed by atoms with E-state index < -0.39 is 0 Å². The number of thiazole rings is 1. The van der Waals surface area contributed by atoms with Crippen LogP contribution in [0.25, 0.3) is 10.2 Å². The lowest BCUT2D eigenvalue weighted by Gasteiger charge is -2.00. The molecule has 1 heterocycles. The summed E-state index contributed by atoms with van der Waals surface area (Å²) < 4.78 is 7.29. The highest BCUT2D eigenvalue weighted by Crippen LogP contribution is 2.27. The van der Waals surface area contributed by atoms with Gasteiger partial charge in [-0.05, 0) is 31.0 Å². The quantitative estimate of drug-likeness (QED) is 0.802. The average molecular weight is 269 g/mol. The van der Waals surface area contributed by atoms with E-state index in [-0.39, 0.29) is 0 Å². The molecule has 0 amide bonds. The van der Waals surface area contributed by atoms with Crippen molar-refractivity contribution in [3.63, 3.8) is 0 Å². The number of rotatable bonds is 2. The van der Waals surface area contributed by atoms with Crippen LogP contribution in [0.3, 0.4) is 0 Å². The predicted molar refractivity (Wildman–Crippen MR) is 78.6 cm³/mol. The lowest BCUT2D eigenvalue weighted by Crippen LogP contribution is -1.89. The third-order valence-electron chi connectivity index (χ3n) is 1.66. The Balaban J connectivity index is 0.000000317. The van der Waals surface area contributed by atoms with E-state index in [9.17, 15) is 0 Å². The zero-order valence-corrected chi connectivity index (χ0v) is 12.4. The highest BCUT2D eigenvalue weighted by molar-refractivity contribution is 7.82. The lowest BCUT2D eigenvalue weighted by molar-refractivity contribution is 0.341. The Morgan fingerprint density at radius 3 is 2.59 bits per heavy atom. The highest BCUT2D eigenvalue weighted by Gasteiger charge is 2.01. The molecule has 17 heavy (non-hydrogen) atoms. The molecule has 94 valence electrons. The minimum atomic E-state index is 0.693. The molecule has 1 aromatic carbocycles. The zero-order valence-electron chi connectivity index (χ0n) is 10.7. The van der Waals surface area contributed by atoms with Gasteiger partial charge in [0.25, 0.3) is 0 Å². The molecule has 0 bridgehead atoms. The molecule has 0 unspecified atom stereocenters. The standard InChI is InChI=1S/C9H9NOS2.C4H10/c1-2-11-6-3-4-7-8(5-6)13-9(12)10-7;1-4(2)3/h3-5H,2H2,1H3,(H,10,12);4H,1-3H3. The zero-order chi connectivity index (χ0) is 12.8. The molecule has 0 aliphatic heterocycles. The molecule has 2 nitrogen and oxygen atoms in total. The van der Waals surface area contributed by atoms with E-state index in [4.69, 9.17) is 4.74 Å². The van der Waals surface area contributed by atoms with Gasteiger partial charge in [0.1, 0.15) is 10.1 Å². The van der Waals surface area contributed by atoms with Crippen molar-refractivity contribution in [1.82, 2.24) is 4.98 Å². The number of thiol groups is 1.